The van der Waals surface area contributed by atoms with E-state index in [0.29, 0.717) is 11.9 Å². The minimum Gasteiger partial charge on any atom is -0.278 e. The van der Waals surface area contributed by atoms with Crippen molar-refractivity contribution in [1.29, 1.82) is 0 Å². The molecule has 0 unspecified atom stereocenters. The van der Waals surface area contributed by atoms with Gasteiger partial charge in [-0.2, -0.15) is 0 Å². The molecule has 20 rings (SSSR count). The fourth-order valence-corrected chi connectivity index (χ4v) is 15.2. The Morgan fingerprint density at radius 2 is 0.480 bits per heavy atom. The van der Waals surface area contributed by atoms with Crippen LogP contribution in [0.25, 0.3) is 167 Å². The summed E-state index contributed by atoms with van der Waals surface area (Å²) in [4.78, 5) is 37.5. The first-order valence-electron chi connectivity index (χ1n) is 34.5. The SMILES string of the molecule is c1ccc(-c2ccc(-c3cc(-c4cccc(-c5ccccc5)c4)nc(N4c5ccccc5-c5nc6cc(-c7ccc(-c8cccc(-c9cc(-c%10cccc(-c%11ccccc%11)c%10)nc(N%10c%11ccccc%11-c%11nc%12ccccc%12c%12cccc%10c%11%12)n9)c8)cc7)ccc6c6cccc4c56)n3)cc2)cc1. The zero-order chi connectivity index (χ0) is 67.2. The third kappa shape index (κ3) is 9.99. The van der Waals surface area contributed by atoms with Crippen LogP contribution in [0.3, 0.4) is 0 Å². The van der Waals surface area contributed by atoms with Crippen LogP contribution in [0.15, 0.2) is 352 Å². The van der Waals surface area contributed by atoms with Crippen LogP contribution in [0, 0.1) is 0 Å². The first kappa shape index (κ1) is 58.3. The van der Waals surface area contributed by atoms with Gasteiger partial charge in [-0.3, -0.25) is 9.80 Å². The molecule has 0 saturated heterocycles. The second-order valence-corrected chi connectivity index (χ2v) is 26.1. The maximum Gasteiger partial charge on any atom is 0.235 e. The number of hydrogen-bond acceptors (Lipinski definition) is 8. The maximum atomic E-state index is 5.63. The molecule has 8 heteroatoms. The number of rotatable bonds is 11. The molecular formula is C94H58N8. The van der Waals surface area contributed by atoms with Crippen molar-refractivity contribution in [3.05, 3.63) is 352 Å². The van der Waals surface area contributed by atoms with E-state index in [-0.39, 0.29) is 0 Å². The van der Waals surface area contributed by atoms with Crippen LogP contribution in [0.5, 0.6) is 0 Å². The van der Waals surface area contributed by atoms with E-state index in [0.717, 1.165) is 184 Å². The van der Waals surface area contributed by atoms with E-state index in [4.69, 9.17) is 29.9 Å². The molecule has 0 radical (unpaired) electrons. The molecule has 6 heterocycles. The summed E-state index contributed by atoms with van der Waals surface area (Å²) in [6, 6.07) is 125. The van der Waals surface area contributed by atoms with E-state index in [9.17, 15) is 0 Å². The molecule has 0 bridgehead atoms. The van der Waals surface area contributed by atoms with Gasteiger partial charge in [0.25, 0.3) is 0 Å². The van der Waals surface area contributed by atoms with Gasteiger partial charge in [0.2, 0.25) is 11.9 Å². The highest BCUT2D eigenvalue weighted by molar-refractivity contribution is 6.21. The van der Waals surface area contributed by atoms with Gasteiger partial charge in [0.15, 0.2) is 0 Å². The number of nitrogens with zero attached hydrogens (tertiary/aromatic N) is 8. The Bertz CT molecular complexity index is 6380. The van der Waals surface area contributed by atoms with E-state index in [1.807, 2.05) is 0 Å². The summed E-state index contributed by atoms with van der Waals surface area (Å²) in [6.07, 6.45) is 0. The molecule has 8 nitrogen and oxygen atoms in total. The summed E-state index contributed by atoms with van der Waals surface area (Å²) >= 11 is 0. The molecule has 474 valence electrons. The van der Waals surface area contributed by atoms with Crippen molar-refractivity contribution in [1.82, 2.24) is 29.9 Å². The zero-order valence-electron chi connectivity index (χ0n) is 55.1. The van der Waals surface area contributed by atoms with Crippen molar-refractivity contribution in [3.8, 4) is 123 Å². The molecule has 0 saturated carbocycles. The molecular weight excluding hydrogens is 1240 g/mol. The fraction of sp³-hybridized carbons (Fsp3) is 0. The van der Waals surface area contributed by atoms with Gasteiger partial charge >= 0.3 is 0 Å². The number of benzene rings is 14. The fourth-order valence-electron chi connectivity index (χ4n) is 15.2. The van der Waals surface area contributed by atoms with Crippen molar-refractivity contribution in [2.24, 2.45) is 0 Å². The Morgan fingerprint density at radius 3 is 0.961 bits per heavy atom. The monoisotopic (exact) mass is 1300 g/mol. The molecule has 2 aliphatic rings. The van der Waals surface area contributed by atoms with Crippen LogP contribution < -0.4 is 9.80 Å². The highest BCUT2D eigenvalue weighted by atomic mass is 15.3. The summed E-state index contributed by atoms with van der Waals surface area (Å²) < 4.78 is 0. The van der Waals surface area contributed by atoms with E-state index in [1.54, 1.807) is 0 Å². The first-order chi connectivity index (χ1) is 50.5. The Kier molecular flexibility index (Phi) is 13.7. The average molecular weight is 1300 g/mol. The number of fused-ring (bicyclic) bond motifs is 8. The molecule has 4 aromatic heterocycles. The van der Waals surface area contributed by atoms with Crippen LogP contribution in [-0.4, -0.2) is 29.9 Å². The highest BCUT2D eigenvalue weighted by Gasteiger charge is 2.33. The Labute approximate surface area is 589 Å². The second kappa shape index (κ2) is 24.0. The predicted octanol–water partition coefficient (Wildman–Crippen LogP) is 24.6. The number of pyridine rings is 2. The predicted molar refractivity (Wildman–Crippen MR) is 420 cm³/mol. The lowest BCUT2D eigenvalue weighted by Crippen LogP contribution is -2.18. The van der Waals surface area contributed by atoms with Gasteiger partial charge in [-0.15, -0.1) is 0 Å². The van der Waals surface area contributed by atoms with Crippen molar-refractivity contribution < 1.29 is 0 Å². The van der Waals surface area contributed by atoms with Gasteiger partial charge in [0, 0.05) is 54.9 Å². The molecule has 102 heavy (non-hydrogen) atoms. The normalized spacial score (nSPS) is 12.1. The Balaban J connectivity index is 0.663. The van der Waals surface area contributed by atoms with Crippen LogP contribution in [0.4, 0.5) is 34.6 Å². The minimum atomic E-state index is 0.573. The third-order valence-electron chi connectivity index (χ3n) is 20.1. The van der Waals surface area contributed by atoms with E-state index < -0.39 is 0 Å². The van der Waals surface area contributed by atoms with Gasteiger partial charge in [0.1, 0.15) is 0 Å². The summed E-state index contributed by atoms with van der Waals surface area (Å²) in [6.45, 7) is 0. The largest absolute Gasteiger partial charge is 0.278 e. The zero-order valence-corrected chi connectivity index (χ0v) is 55.1. The smallest absolute Gasteiger partial charge is 0.235 e. The lowest BCUT2D eigenvalue weighted by Gasteiger charge is -2.32. The van der Waals surface area contributed by atoms with Crippen LogP contribution in [0.2, 0.25) is 0 Å². The van der Waals surface area contributed by atoms with Crippen molar-refractivity contribution in [2.75, 3.05) is 9.80 Å². The quantitative estimate of drug-likeness (QED) is 0.118. The van der Waals surface area contributed by atoms with Gasteiger partial charge in [-0.25, -0.2) is 29.9 Å². The molecule has 0 amide bonds. The third-order valence-corrected chi connectivity index (χ3v) is 20.1. The minimum absolute atomic E-state index is 0.573. The second-order valence-electron chi connectivity index (χ2n) is 26.1. The summed E-state index contributed by atoms with van der Waals surface area (Å²) in [5.74, 6) is 1.15. The van der Waals surface area contributed by atoms with Crippen LogP contribution >= 0.6 is 0 Å². The molecule has 0 spiro atoms. The number of anilines is 6. The molecule has 14 aromatic carbocycles. The van der Waals surface area contributed by atoms with Gasteiger partial charge in [-0.1, -0.05) is 285 Å². The summed E-state index contributed by atoms with van der Waals surface area (Å²) in [5, 5.41) is 6.54. The number of aromatic nitrogens is 6. The van der Waals surface area contributed by atoms with Crippen molar-refractivity contribution in [2.45, 2.75) is 0 Å². The van der Waals surface area contributed by atoms with Gasteiger partial charge < -0.3 is 0 Å². The Morgan fingerprint density at radius 1 is 0.176 bits per heavy atom. The van der Waals surface area contributed by atoms with E-state index in [1.165, 1.54) is 5.56 Å². The standard InChI is InChI=1S/C94H58N8/c1-4-21-59(22-5-1)62-47-49-65(50-48-62)80-57-81(70-30-16-27-66(53-70)60-23-6-2-7-24-60)98-93(97-80)101-86-40-15-12-35-78(86)92-90-76(37-20-42-88(90)101)74-52-51-69(56-84(74)96-92)64-45-43-63(44-46-64)68-29-18-32-72(55-68)83-58-82(71-31-17-28-67(54-71)61-25-8-3-9-26-61)99-94(100-83)102-85-39-14-11-34-77(85)91-89-75(36-19-41-87(89)102)73-33-10-13-38-79(73)95-91/h1-58H. The highest BCUT2D eigenvalue weighted by Crippen LogP contribution is 2.54. The van der Waals surface area contributed by atoms with Crippen molar-refractivity contribution >= 4 is 78.0 Å². The molecule has 0 aliphatic carbocycles. The molecule has 0 atom stereocenters. The topological polar surface area (TPSA) is 83.8 Å². The molecule has 0 N–H and O–H groups in total. The summed E-state index contributed by atoms with van der Waals surface area (Å²) in [5.41, 5.74) is 28.1. The van der Waals surface area contributed by atoms with Crippen LogP contribution in [0.1, 0.15) is 0 Å². The average Bonchev–Trinajstić information content (AvgIpc) is 0.694. The molecule has 0 fully saturated rings. The number of para-hydroxylation sites is 3. The van der Waals surface area contributed by atoms with Gasteiger partial charge in [0.05, 0.1) is 67.9 Å². The number of hydrogen-bond donors (Lipinski definition) is 0. The maximum absolute atomic E-state index is 5.63. The Hall–Kier alpha value is -13.8. The summed E-state index contributed by atoms with van der Waals surface area (Å²) in [7, 11) is 0. The first-order valence-corrected chi connectivity index (χ1v) is 34.5. The lowest BCUT2D eigenvalue weighted by molar-refractivity contribution is 1.09. The lowest BCUT2D eigenvalue weighted by atomic mass is 9.92. The molecule has 18 aromatic rings. The van der Waals surface area contributed by atoms with Gasteiger partial charge in [-0.05, 0) is 133 Å². The van der Waals surface area contributed by atoms with Crippen LogP contribution in [-0.2, 0) is 0 Å². The van der Waals surface area contributed by atoms with Crippen molar-refractivity contribution in [3.63, 3.8) is 0 Å². The molecule has 2 aliphatic heterocycles. The van der Waals surface area contributed by atoms with E-state index >= 15 is 0 Å². The van der Waals surface area contributed by atoms with E-state index in [2.05, 4.69) is 362 Å².